The molecule has 110 valence electrons. The summed E-state index contributed by atoms with van der Waals surface area (Å²) in [7, 11) is 0. The Morgan fingerprint density at radius 1 is 1.38 bits per heavy atom. The molecule has 21 heavy (non-hydrogen) atoms. The molecule has 1 aromatic carbocycles. The Balaban J connectivity index is 2.32. The zero-order chi connectivity index (χ0) is 15.2. The third kappa shape index (κ3) is 3.40. The molecule has 1 aromatic heterocycles. The van der Waals surface area contributed by atoms with E-state index in [2.05, 4.69) is 29.1 Å². The Bertz CT molecular complexity index is 664. The highest BCUT2D eigenvalue weighted by Crippen LogP contribution is 2.28. The predicted molar refractivity (Wildman–Crippen MR) is 87.6 cm³/mol. The van der Waals surface area contributed by atoms with Crippen LogP contribution in [0.3, 0.4) is 0 Å². The van der Waals surface area contributed by atoms with Gasteiger partial charge in [0.1, 0.15) is 0 Å². The molecule has 1 heterocycles. The summed E-state index contributed by atoms with van der Waals surface area (Å²) in [6, 6.07) is 7.98. The van der Waals surface area contributed by atoms with Crippen molar-refractivity contribution in [3.05, 3.63) is 48.2 Å². The molecule has 0 atom stereocenters. The van der Waals surface area contributed by atoms with Crippen LogP contribution >= 0.6 is 0 Å². The van der Waals surface area contributed by atoms with Crippen LogP contribution in [-0.2, 0) is 11.2 Å². The number of hydrogen-bond donors (Lipinski definition) is 2. The number of fused-ring (bicyclic) bond motifs is 1. The average molecular weight is 283 g/mol. The van der Waals surface area contributed by atoms with Crippen LogP contribution in [0.15, 0.2) is 36.9 Å². The monoisotopic (exact) mass is 283 g/mol. The second-order valence-corrected chi connectivity index (χ2v) is 4.87. The topological polar surface area (TPSA) is 54.0 Å². The van der Waals surface area contributed by atoms with Gasteiger partial charge in [-0.05, 0) is 25.0 Å². The van der Waals surface area contributed by atoms with Crippen molar-refractivity contribution in [2.45, 2.75) is 20.3 Å². The summed E-state index contributed by atoms with van der Waals surface area (Å²) in [5, 5.41) is 7.09. The van der Waals surface area contributed by atoms with Gasteiger partial charge in [-0.1, -0.05) is 31.2 Å². The van der Waals surface area contributed by atoms with E-state index in [0.717, 1.165) is 34.3 Å². The Morgan fingerprint density at radius 3 is 2.86 bits per heavy atom. The Hall–Kier alpha value is -2.36. The van der Waals surface area contributed by atoms with Gasteiger partial charge in [-0.2, -0.15) is 0 Å². The van der Waals surface area contributed by atoms with Crippen molar-refractivity contribution in [3.63, 3.8) is 0 Å². The number of benzene rings is 1. The van der Waals surface area contributed by atoms with E-state index in [9.17, 15) is 4.79 Å². The van der Waals surface area contributed by atoms with E-state index in [1.54, 1.807) is 6.08 Å². The molecule has 4 heteroatoms. The first kappa shape index (κ1) is 15.0. The minimum Gasteiger partial charge on any atom is -0.375 e. The lowest BCUT2D eigenvalue weighted by molar-refractivity contribution is -0.119. The fourth-order valence-corrected chi connectivity index (χ4v) is 2.43. The summed E-state index contributed by atoms with van der Waals surface area (Å²) in [6.45, 7) is 8.42. The Kier molecular flexibility index (Phi) is 4.93. The van der Waals surface area contributed by atoms with Crippen molar-refractivity contribution < 1.29 is 4.79 Å². The summed E-state index contributed by atoms with van der Waals surface area (Å²) < 4.78 is 0. The molecule has 0 aliphatic carbocycles. The van der Waals surface area contributed by atoms with Crippen LogP contribution in [0.2, 0.25) is 0 Å². The van der Waals surface area contributed by atoms with Crippen LogP contribution in [-0.4, -0.2) is 24.0 Å². The van der Waals surface area contributed by atoms with E-state index in [4.69, 9.17) is 0 Å². The van der Waals surface area contributed by atoms with E-state index in [1.807, 2.05) is 31.2 Å². The highest BCUT2D eigenvalue weighted by Gasteiger charge is 2.11. The lowest BCUT2D eigenvalue weighted by atomic mass is 10.0. The summed E-state index contributed by atoms with van der Waals surface area (Å²) in [6.07, 6.45) is 2.54. The van der Waals surface area contributed by atoms with Crippen molar-refractivity contribution in [2.75, 3.05) is 18.4 Å². The third-order valence-corrected chi connectivity index (χ3v) is 3.42. The molecule has 2 N–H and O–H groups in total. The highest BCUT2D eigenvalue weighted by atomic mass is 16.1. The maximum atomic E-state index is 11.8. The van der Waals surface area contributed by atoms with Gasteiger partial charge in [0.05, 0.1) is 12.1 Å². The highest BCUT2D eigenvalue weighted by molar-refractivity contribution is 5.95. The number of nitrogens with one attached hydrogen (secondary N) is 2. The smallest absolute Gasteiger partial charge is 0.239 e. The normalized spacial score (nSPS) is 10.4. The van der Waals surface area contributed by atoms with Gasteiger partial charge in [0, 0.05) is 23.3 Å². The standard InChI is InChI=1S/C17H21N3O/c1-4-10-18-16(21)11-19-17-13(5-2)12(3)20-15-9-7-6-8-14(15)17/h4,6-9H,1,5,10-11H2,2-3H3,(H,18,21)(H,19,20). The van der Waals surface area contributed by atoms with Crippen molar-refractivity contribution >= 4 is 22.5 Å². The van der Waals surface area contributed by atoms with E-state index in [1.165, 1.54) is 0 Å². The van der Waals surface area contributed by atoms with Gasteiger partial charge >= 0.3 is 0 Å². The van der Waals surface area contributed by atoms with Crippen molar-refractivity contribution in [2.24, 2.45) is 0 Å². The minimum atomic E-state index is -0.0458. The summed E-state index contributed by atoms with van der Waals surface area (Å²) in [4.78, 5) is 16.4. The molecule has 0 aliphatic rings. The van der Waals surface area contributed by atoms with E-state index in [-0.39, 0.29) is 12.5 Å². The number of anilines is 1. The Morgan fingerprint density at radius 2 is 2.14 bits per heavy atom. The number of pyridine rings is 1. The fraction of sp³-hybridized carbons (Fsp3) is 0.294. The van der Waals surface area contributed by atoms with Gasteiger partial charge in [-0.3, -0.25) is 9.78 Å². The zero-order valence-electron chi connectivity index (χ0n) is 12.6. The predicted octanol–water partition coefficient (Wildman–Crippen LogP) is 2.82. The molecule has 0 bridgehead atoms. The number of hydrogen-bond acceptors (Lipinski definition) is 3. The quantitative estimate of drug-likeness (QED) is 0.802. The van der Waals surface area contributed by atoms with Gasteiger partial charge in [0.25, 0.3) is 0 Å². The van der Waals surface area contributed by atoms with Crippen LogP contribution in [0.25, 0.3) is 10.9 Å². The average Bonchev–Trinajstić information content (AvgIpc) is 2.50. The summed E-state index contributed by atoms with van der Waals surface area (Å²) >= 11 is 0. The van der Waals surface area contributed by atoms with Crippen LogP contribution in [0.4, 0.5) is 5.69 Å². The molecule has 0 radical (unpaired) electrons. The number of rotatable bonds is 6. The maximum absolute atomic E-state index is 11.8. The first-order chi connectivity index (χ1) is 10.2. The van der Waals surface area contributed by atoms with Gasteiger partial charge in [0.2, 0.25) is 5.91 Å². The SMILES string of the molecule is C=CCNC(=O)CNc1c(CC)c(C)nc2ccccc12. The molecule has 0 fully saturated rings. The van der Waals surface area contributed by atoms with Crippen molar-refractivity contribution in [1.29, 1.82) is 0 Å². The summed E-state index contributed by atoms with van der Waals surface area (Å²) in [5.41, 5.74) is 4.12. The molecule has 0 aliphatic heterocycles. The number of carbonyl (C=O) groups excluding carboxylic acids is 1. The number of aromatic nitrogens is 1. The molecule has 0 saturated carbocycles. The number of para-hydroxylation sites is 1. The molecular formula is C17H21N3O. The number of nitrogens with zero attached hydrogens (tertiary/aromatic N) is 1. The third-order valence-electron chi connectivity index (χ3n) is 3.42. The van der Waals surface area contributed by atoms with Crippen LogP contribution in [0, 0.1) is 6.92 Å². The van der Waals surface area contributed by atoms with Gasteiger partial charge in [-0.15, -0.1) is 6.58 Å². The van der Waals surface area contributed by atoms with E-state index < -0.39 is 0 Å². The molecule has 2 rings (SSSR count). The van der Waals surface area contributed by atoms with E-state index in [0.29, 0.717) is 6.54 Å². The second kappa shape index (κ2) is 6.88. The van der Waals surface area contributed by atoms with E-state index >= 15 is 0 Å². The lowest BCUT2D eigenvalue weighted by Gasteiger charge is -2.16. The number of carbonyl (C=O) groups is 1. The van der Waals surface area contributed by atoms with Crippen LogP contribution in [0.1, 0.15) is 18.2 Å². The number of amides is 1. The molecule has 0 unspecified atom stereocenters. The van der Waals surface area contributed by atoms with Crippen molar-refractivity contribution in [3.8, 4) is 0 Å². The van der Waals surface area contributed by atoms with Gasteiger partial charge in [0.15, 0.2) is 0 Å². The first-order valence-electron chi connectivity index (χ1n) is 7.17. The first-order valence-corrected chi connectivity index (χ1v) is 7.17. The van der Waals surface area contributed by atoms with Crippen LogP contribution in [0.5, 0.6) is 0 Å². The fourth-order valence-electron chi connectivity index (χ4n) is 2.43. The Labute approximate surface area is 125 Å². The molecule has 0 spiro atoms. The van der Waals surface area contributed by atoms with Gasteiger partial charge in [-0.25, -0.2) is 0 Å². The maximum Gasteiger partial charge on any atom is 0.239 e. The molecular weight excluding hydrogens is 262 g/mol. The molecule has 4 nitrogen and oxygen atoms in total. The van der Waals surface area contributed by atoms with Crippen molar-refractivity contribution in [1.82, 2.24) is 10.3 Å². The lowest BCUT2D eigenvalue weighted by Crippen LogP contribution is -2.30. The number of aryl methyl sites for hydroxylation is 1. The van der Waals surface area contributed by atoms with Gasteiger partial charge < -0.3 is 10.6 Å². The zero-order valence-corrected chi connectivity index (χ0v) is 12.6. The van der Waals surface area contributed by atoms with Crippen LogP contribution < -0.4 is 10.6 Å². The molecule has 0 saturated heterocycles. The minimum absolute atomic E-state index is 0.0458. The molecule has 1 amide bonds. The summed E-state index contributed by atoms with van der Waals surface area (Å²) in [5.74, 6) is -0.0458. The second-order valence-electron chi connectivity index (χ2n) is 4.87. The molecule has 2 aromatic rings. The largest absolute Gasteiger partial charge is 0.375 e.